The fourth-order valence-electron chi connectivity index (χ4n) is 5.60. The van der Waals surface area contributed by atoms with E-state index in [-0.39, 0.29) is 36.9 Å². The number of fused-ring (bicyclic) bond motifs is 1. The molecule has 5 rings (SSSR count). The minimum atomic E-state index is -1.28. The number of hydrogen-bond acceptors (Lipinski definition) is 7. The van der Waals surface area contributed by atoms with Crippen LogP contribution in [0.4, 0.5) is 14.9 Å². The SMILES string of the molecule is Cn1c(=O)n(C2CCC(=O)NC2=O)c2cccc(N3CC(CO[C@H]4CCN(C(=O)OC(C)(C)C)C[C@@H]4F)C3)c21. The summed E-state index contributed by atoms with van der Waals surface area (Å²) in [5.74, 6) is -0.590. The summed E-state index contributed by atoms with van der Waals surface area (Å²) >= 11 is 0. The van der Waals surface area contributed by atoms with Crippen molar-refractivity contribution in [3.8, 4) is 0 Å². The predicted molar refractivity (Wildman–Crippen MR) is 141 cm³/mol. The second-order valence-corrected chi connectivity index (χ2v) is 11.7. The third-order valence-corrected chi connectivity index (χ3v) is 7.58. The monoisotopic (exact) mass is 545 g/mol. The van der Waals surface area contributed by atoms with Gasteiger partial charge in [0.05, 0.1) is 36.0 Å². The van der Waals surface area contributed by atoms with Gasteiger partial charge in [-0.3, -0.25) is 24.0 Å². The number of carbonyl (C=O) groups excluding carboxylic acids is 3. The molecule has 0 aliphatic carbocycles. The molecule has 212 valence electrons. The Kier molecular flexibility index (Phi) is 7.17. The smallest absolute Gasteiger partial charge is 0.410 e. The molecule has 3 amide bonds. The first kappa shape index (κ1) is 27.2. The predicted octanol–water partition coefficient (Wildman–Crippen LogP) is 2.12. The van der Waals surface area contributed by atoms with Gasteiger partial charge >= 0.3 is 11.8 Å². The van der Waals surface area contributed by atoms with Crippen LogP contribution >= 0.6 is 0 Å². The highest BCUT2D eigenvalue weighted by atomic mass is 19.1. The number of hydrogen-bond donors (Lipinski definition) is 1. The summed E-state index contributed by atoms with van der Waals surface area (Å²) in [4.78, 5) is 53.0. The molecule has 3 aliphatic heterocycles. The number of rotatable bonds is 5. The number of imidazole rings is 1. The number of amides is 3. The van der Waals surface area contributed by atoms with Crippen LogP contribution in [0.25, 0.3) is 11.0 Å². The number of likely N-dealkylation sites (tertiary alicyclic amines) is 1. The molecule has 3 saturated heterocycles. The van der Waals surface area contributed by atoms with Crippen LogP contribution in [-0.4, -0.2) is 82.6 Å². The van der Waals surface area contributed by atoms with Gasteiger partial charge in [0.25, 0.3) is 0 Å². The van der Waals surface area contributed by atoms with Gasteiger partial charge in [-0.25, -0.2) is 14.0 Å². The van der Waals surface area contributed by atoms with E-state index in [0.29, 0.717) is 38.2 Å². The molecule has 0 bridgehead atoms. The lowest BCUT2D eigenvalue weighted by Crippen LogP contribution is -2.52. The molecule has 11 nitrogen and oxygen atoms in total. The number of para-hydroxylation sites is 1. The molecule has 4 heterocycles. The highest BCUT2D eigenvalue weighted by molar-refractivity contribution is 6.00. The minimum Gasteiger partial charge on any atom is -0.444 e. The number of nitrogens with zero attached hydrogens (tertiary/aromatic N) is 4. The molecule has 0 radical (unpaired) electrons. The van der Waals surface area contributed by atoms with E-state index in [1.54, 1.807) is 32.4 Å². The second kappa shape index (κ2) is 10.3. The number of nitrogens with one attached hydrogen (secondary N) is 1. The summed E-state index contributed by atoms with van der Waals surface area (Å²) in [5.41, 5.74) is 1.31. The van der Waals surface area contributed by atoms with Gasteiger partial charge < -0.3 is 19.3 Å². The number of halogens is 1. The lowest BCUT2D eigenvalue weighted by Gasteiger charge is -2.42. The van der Waals surface area contributed by atoms with E-state index < -0.39 is 35.9 Å². The molecule has 1 unspecified atom stereocenters. The van der Waals surface area contributed by atoms with Gasteiger partial charge in [0.1, 0.15) is 17.8 Å². The zero-order chi connectivity index (χ0) is 28.1. The van der Waals surface area contributed by atoms with Crippen LogP contribution in [0.1, 0.15) is 46.1 Å². The summed E-state index contributed by atoms with van der Waals surface area (Å²) in [6.45, 7) is 7.46. The summed E-state index contributed by atoms with van der Waals surface area (Å²) in [7, 11) is 1.68. The Morgan fingerprint density at radius 3 is 2.54 bits per heavy atom. The number of anilines is 1. The summed E-state index contributed by atoms with van der Waals surface area (Å²) in [6.07, 6.45) is -1.47. The Labute approximate surface area is 225 Å². The maximum atomic E-state index is 14.8. The van der Waals surface area contributed by atoms with Gasteiger partial charge in [0.15, 0.2) is 0 Å². The third-order valence-electron chi connectivity index (χ3n) is 7.58. The van der Waals surface area contributed by atoms with Crippen molar-refractivity contribution in [2.24, 2.45) is 13.0 Å². The fraction of sp³-hybridized carbons (Fsp3) is 0.630. The number of aryl methyl sites for hydroxylation is 1. The van der Waals surface area contributed by atoms with Crippen molar-refractivity contribution in [2.75, 3.05) is 37.7 Å². The molecule has 2 aromatic rings. The topological polar surface area (TPSA) is 115 Å². The fourth-order valence-corrected chi connectivity index (χ4v) is 5.60. The van der Waals surface area contributed by atoms with Gasteiger partial charge in [0, 0.05) is 39.0 Å². The van der Waals surface area contributed by atoms with Crippen LogP contribution in [0.5, 0.6) is 0 Å². The molecule has 3 aliphatic rings. The Morgan fingerprint density at radius 1 is 1.13 bits per heavy atom. The number of ether oxygens (including phenoxy) is 2. The average Bonchev–Trinajstić information content (AvgIpc) is 3.08. The summed E-state index contributed by atoms with van der Waals surface area (Å²) < 4.78 is 29.1. The van der Waals surface area contributed by atoms with Crippen LogP contribution < -0.4 is 15.9 Å². The maximum absolute atomic E-state index is 14.8. The quantitative estimate of drug-likeness (QED) is 0.573. The largest absolute Gasteiger partial charge is 0.444 e. The van der Waals surface area contributed by atoms with Crippen LogP contribution in [-0.2, 0) is 26.1 Å². The van der Waals surface area contributed by atoms with E-state index in [2.05, 4.69) is 10.2 Å². The molecule has 1 N–H and O–H groups in total. The van der Waals surface area contributed by atoms with E-state index in [1.165, 1.54) is 9.47 Å². The number of benzene rings is 1. The Balaban J connectivity index is 1.19. The number of alkyl halides is 1. The van der Waals surface area contributed by atoms with Gasteiger partial charge in [-0.05, 0) is 45.7 Å². The summed E-state index contributed by atoms with van der Waals surface area (Å²) in [5, 5.41) is 2.33. The van der Waals surface area contributed by atoms with Crippen molar-refractivity contribution in [1.29, 1.82) is 0 Å². The first-order valence-electron chi connectivity index (χ1n) is 13.4. The molecule has 39 heavy (non-hydrogen) atoms. The molecule has 1 aromatic heterocycles. The molecule has 1 aromatic carbocycles. The highest BCUT2D eigenvalue weighted by Crippen LogP contribution is 2.33. The molecule has 12 heteroatoms. The molecule has 0 spiro atoms. The normalized spacial score (nSPS) is 24.6. The van der Waals surface area contributed by atoms with Gasteiger partial charge in [-0.2, -0.15) is 0 Å². The lowest BCUT2D eigenvalue weighted by atomic mass is 9.99. The van der Waals surface area contributed by atoms with E-state index >= 15 is 0 Å². The molecular formula is C27H36FN5O6. The van der Waals surface area contributed by atoms with Crippen molar-refractivity contribution in [1.82, 2.24) is 19.4 Å². The van der Waals surface area contributed by atoms with Gasteiger partial charge in [-0.1, -0.05) is 6.07 Å². The van der Waals surface area contributed by atoms with E-state index in [9.17, 15) is 23.6 Å². The van der Waals surface area contributed by atoms with Crippen LogP contribution in [0.2, 0.25) is 0 Å². The highest BCUT2D eigenvalue weighted by Gasteiger charge is 2.37. The van der Waals surface area contributed by atoms with Crippen molar-refractivity contribution < 1.29 is 28.2 Å². The second-order valence-electron chi connectivity index (χ2n) is 11.7. The van der Waals surface area contributed by atoms with Crippen molar-refractivity contribution in [2.45, 2.75) is 64.0 Å². The van der Waals surface area contributed by atoms with Crippen LogP contribution in [0.3, 0.4) is 0 Å². The molecular weight excluding hydrogens is 509 g/mol. The van der Waals surface area contributed by atoms with Crippen LogP contribution in [0, 0.1) is 5.92 Å². The van der Waals surface area contributed by atoms with Crippen LogP contribution in [0.15, 0.2) is 23.0 Å². The Hall–Kier alpha value is -3.41. The average molecular weight is 546 g/mol. The van der Waals surface area contributed by atoms with Crippen molar-refractivity contribution in [3.63, 3.8) is 0 Å². The first-order chi connectivity index (χ1) is 18.4. The van der Waals surface area contributed by atoms with Gasteiger partial charge in [0.2, 0.25) is 11.8 Å². The maximum Gasteiger partial charge on any atom is 0.410 e. The minimum absolute atomic E-state index is 0.0451. The third kappa shape index (κ3) is 5.39. The lowest BCUT2D eigenvalue weighted by molar-refractivity contribution is -0.135. The molecule has 0 saturated carbocycles. The number of carbonyl (C=O) groups is 3. The van der Waals surface area contributed by atoms with E-state index in [0.717, 1.165) is 11.2 Å². The van der Waals surface area contributed by atoms with Gasteiger partial charge in [-0.15, -0.1) is 0 Å². The zero-order valence-electron chi connectivity index (χ0n) is 22.8. The number of piperidine rings is 2. The summed E-state index contributed by atoms with van der Waals surface area (Å²) in [6, 6.07) is 4.88. The molecule has 3 atom stereocenters. The number of aromatic nitrogens is 2. The first-order valence-corrected chi connectivity index (χ1v) is 13.4. The zero-order valence-corrected chi connectivity index (χ0v) is 22.8. The van der Waals surface area contributed by atoms with E-state index in [1.807, 2.05) is 18.2 Å². The van der Waals surface area contributed by atoms with Crippen molar-refractivity contribution in [3.05, 3.63) is 28.7 Å². The van der Waals surface area contributed by atoms with E-state index in [4.69, 9.17) is 9.47 Å². The van der Waals surface area contributed by atoms with Crippen molar-refractivity contribution >= 4 is 34.6 Å². The Morgan fingerprint density at radius 2 is 1.87 bits per heavy atom. The number of imide groups is 1. The molecule has 3 fully saturated rings. The Bertz CT molecular complexity index is 1340. The standard InChI is InChI=1S/C27H36FN5O6/c1-27(2,3)39-26(37)31-11-10-21(17(28)14-31)38-15-16-12-32(13-16)18-6-5-7-19-23(18)30(4)25(36)33(19)20-8-9-22(34)29-24(20)35/h5-7,16-17,20-21H,8-15H2,1-4H3,(H,29,34,35)/t17-,20?,21-/m0/s1.